The van der Waals surface area contributed by atoms with Gasteiger partial charge in [-0.2, -0.15) is 0 Å². The minimum Gasteiger partial charge on any atom is -0.497 e. The van der Waals surface area contributed by atoms with E-state index in [0.717, 1.165) is 58.9 Å². The summed E-state index contributed by atoms with van der Waals surface area (Å²) in [6, 6.07) is 10.0. The van der Waals surface area contributed by atoms with Crippen LogP contribution in [0.2, 0.25) is 0 Å². The summed E-state index contributed by atoms with van der Waals surface area (Å²) in [5.41, 5.74) is 5.21. The Morgan fingerprint density at radius 1 is 1.16 bits per heavy atom. The number of amides is 1. The Bertz CT molecular complexity index is 1130. The Hall–Kier alpha value is -3.32. The topological polar surface area (TPSA) is 70.7 Å². The van der Waals surface area contributed by atoms with E-state index in [1.54, 1.807) is 33.2 Å². The number of ether oxygens (including phenoxy) is 2. The average molecular weight is 421 g/mol. The second kappa shape index (κ2) is 8.81. The highest BCUT2D eigenvalue weighted by Gasteiger charge is 2.19. The fourth-order valence-electron chi connectivity index (χ4n) is 3.89. The summed E-state index contributed by atoms with van der Waals surface area (Å²) in [7, 11) is 6.90. The van der Waals surface area contributed by atoms with Gasteiger partial charge in [-0.1, -0.05) is 6.08 Å². The number of H-pyrrole nitrogens is 1. The number of rotatable bonds is 6. The third kappa shape index (κ3) is 4.27. The number of nitrogens with one attached hydrogen (secondary N) is 1. The maximum atomic E-state index is 12.0. The van der Waals surface area contributed by atoms with Gasteiger partial charge in [0.1, 0.15) is 17.1 Å². The molecule has 0 fully saturated rings. The highest BCUT2D eigenvalue weighted by molar-refractivity contribution is 5.97. The number of hydrogen-bond acceptors (Lipinski definition) is 5. The molecule has 1 aliphatic rings. The van der Waals surface area contributed by atoms with Crippen molar-refractivity contribution in [2.75, 3.05) is 47.9 Å². The summed E-state index contributed by atoms with van der Waals surface area (Å²) >= 11 is 0. The molecule has 0 spiro atoms. The molecule has 3 heterocycles. The van der Waals surface area contributed by atoms with Crippen LogP contribution in [-0.4, -0.2) is 73.6 Å². The van der Waals surface area contributed by atoms with Gasteiger partial charge in [-0.3, -0.25) is 9.69 Å². The largest absolute Gasteiger partial charge is 0.497 e. The van der Waals surface area contributed by atoms with Crippen LogP contribution in [0.15, 0.2) is 42.6 Å². The number of aromatic nitrogens is 2. The Kier molecular flexibility index (Phi) is 5.95. The van der Waals surface area contributed by atoms with Crippen LogP contribution in [0.3, 0.4) is 0 Å². The lowest BCUT2D eigenvalue weighted by atomic mass is 10.0. The van der Waals surface area contributed by atoms with Gasteiger partial charge in [0.15, 0.2) is 0 Å². The molecule has 31 heavy (non-hydrogen) atoms. The minimum atomic E-state index is 0.129. The van der Waals surface area contributed by atoms with E-state index in [1.165, 1.54) is 5.57 Å². The molecule has 2 aromatic heterocycles. The van der Waals surface area contributed by atoms with Crippen molar-refractivity contribution >= 4 is 22.5 Å². The number of carbonyl (C=O) groups is 1. The zero-order valence-corrected chi connectivity index (χ0v) is 18.4. The minimum absolute atomic E-state index is 0.129. The third-order valence-electron chi connectivity index (χ3n) is 5.73. The van der Waals surface area contributed by atoms with Crippen molar-refractivity contribution in [3.63, 3.8) is 0 Å². The fourth-order valence-corrected chi connectivity index (χ4v) is 3.89. The highest BCUT2D eigenvalue weighted by atomic mass is 16.5. The van der Waals surface area contributed by atoms with Crippen LogP contribution < -0.4 is 9.47 Å². The van der Waals surface area contributed by atoms with Crippen LogP contribution in [-0.2, 0) is 4.79 Å². The Morgan fingerprint density at radius 2 is 2.00 bits per heavy atom. The van der Waals surface area contributed by atoms with Crippen molar-refractivity contribution in [3.05, 3.63) is 48.3 Å². The number of likely N-dealkylation sites (N-methyl/N-ethyl adjacent to an activating group) is 1. The van der Waals surface area contributed by atoms with E-state index in [-0.39, 0.29) is 5.91 Å². The molecule has 1 aliphatic heterocycles. The maximum absolute atomic E-state index is 12.0. The predicted octanol–water partition coefficient (Wildman–Crippen LogP) is 3.42. The number of hydrogen-bond donors (Lipinski definition) is 1. The summed E-state index contributed by atoms with van der Waals surface area (Å²) in [6.45, 7) is 2.07. The molecule has 1 N–H and O–H groups in total. The van der Waals surface area contributed by atoms with Crippen LogP contribution in [0.25, 0.3) is 27.7 Å². The smallest absolute Gasteiger partial charge is 0.236 e. The molecule has 7 nitrogen and oxygen atoms in total. The van der Waals surface area contributed by atoms with E-state index in [1.807, 2.05) is 30.5 Å². The van der Waals surface area contributed by atoms with Gasteiger partial charge in [0, 0.05) is 56.1 Å². The molecule has 0 saturated carbocycles. The molecule has 7 heteroatoms. The number of pyridine rings is 1. The molecule has 0 bridgehead atoms. The first-order valence-corrected chi connectivity index (χ1v) is 10.3. The van der Waals surface area contributed by atoms with Crippen molar-refractivity contribution in [3.8, 4) is 22.6 Å². The van der Waals surface area contributed by atoms with Gasteiger partial charge >= 0.3 is 0 Å². The van der Waals surface area contributed by atoms with Gasteiger partial charge in [-0.25, -0.2) is 4.98 Å². The quantitative estimate of drug-likeness (QED) is 0.662. The summed E-state index contributed by atoms with van der Waals surface area (Å²) in [4.78, 5) is 23.8. The summed E-state index contributed by atoms with van der Waals surface area (Å²) in [6.07, 6.45) is 4.89. The average Bonchev–Trinajstić information content (AvgIpc) is 3.23. The molecule has 4 rings (SSSR count). The van der Waals surface area contributed by atoms with Gasteiger partial charge in [-0.05, 0) is 41.8 Å². The SMILES string of the molecule is COc1ccc(-c2ccnc3[nH]c(C4=CCN(CC(=O)N(C)C)CC4)cc23)c(OC)c1. The second-order valence-electron chi connectivity index (χ2n) is 7.87. The molecule has 0 radical (unpaired) electrons. The molecule has 0 unspecified atom stereocenters. The van der Waals surface area contributed by atoms with E-state index < -0.39 is 0 Å². The van der Waals surface area contributed by atoms with E-state index >= 15 is 0 Å². The highest BCUT2D eigenvalue weighted by Crippen LogP contribution is 2.37. The molecular weight excluding hydrogens is 392 g/mol. The lowest BCUT2D eigenvalue weighted by molar-refractivity contribution is -0.129. The first kappa shape index (κ1) is 20.9. The lowest BCUT2D eigenvalue weighted by Gasteiger charge is -2.26. The van der Waals surface area contributed by atoms with E-state index in [2.05, 4.69) is 27.0 Å². The summed E-state index contributed by atoms with van der Waals surface area (Å²) in [5.74, 6) is 1.64. The van der Waals surface area contributed by atoms with Crippen LogP contribution >= 0.6 is 0 Å². The molecule has 162 valence electrons. The number of nitrogens with zero attached hydrogens (tertiary/aromatic N) is 3. The van der Waals surface area contributed by atoms with E-state index in [9.17, 15) is 4.79 Å². The first-order valence-electron chi connectivity index (χ1n) is 10.3. The number of benzene rings is 1. The van der Waals surface area contributed by atoms with E-state index in [4.69, 9.17) is 9.47 Å². The Labute approximate surface area is 182 Å². The van der Waals surface area contributed by atoms with Crippen molar-refractivity contribution in [2.24, 2.45) is 0 Å². The molecular formula is C24H28N4O3. The number of aromatic amines is 1. The number of carbonyl (C=O) groups excluding carboxylic acids is 1. The molecule has 1 aromatic carbocycles. The number of methoxy groups -OCH3 is 2. The molecule has 3 aromatic rings. The first-order chi connectivity index (χ1) is 15.0. The van der Waals surface area contributed by atoms with Crippen molar-refractivity contribution in [1.29, 1.82) is 0 Å². The monoisotopic (exact) mass is 420 g/mol. The van der Waals surface area contributed by atoms with Crippen molar-refractivity contribution in [2.45, 2.75) is 6.42 Å². The molecule has 0 atom stereocenters. The van der Waals surface area contributed by atoms with Gasteiger partial charge in [-0.15, -0.1) is 0 Å². The van der Waals surface area contributed by atoms with Crippen LogP contribution in [0, 0.1) is 0 Å². The lowest BCUT2D eigenvalue weighted by Crippen LogP contribution is -2.38. The number of fused-ring (bicyclic) bond motifs is 1. The maximum Gasteiger partial charge on any atom is 0.236 e. The Balaban J connectivity index is 1.63. The molecule has 1 amide bonds. The Morgan fingerprint density at radius 3 is 2.68 bits per heavy atom. The van der Waals surface area contributed by atoms with E-state index in [0.29, 0.717) is 6.54 Å². The molecule has 0 aliphatic carbocycles. The molecule has 0 saturated heterocycles. The van der Waals surface area contributed by atoms with Crippen LogP contribution in [0.4, 0.5) is 0 Å². The van der Waals surface area contributed by atoms with Crippen LogP contribution in [0.5, 0.6) is 11.5 Å². The van der Waals surface area contributed by atoms with Crippen molar-refractivity contribution < 1.29 is 14.3 Å². The standard InChI is InChI=1S/C24H28N4O3/c1-27(2)23(29)15-28-11-8-16(9-12-28)21-14-20-18(7-10-25-24(20)26-21)19-6-5-17(30-3)13-22(19)31-4/h5-8,10,13-14H,9,11-12,15H2,1-4H3,(H,25,26). The van der Waals surface area contributed by atoms with Crippen molar-refractivity contribution in [1.82, 2.24) is 19.8 Å². The van der Waals surface area contributed by atoms with Gasteiger partial charge in [0.25, 0.3) is 0 Å². The normalized spacial score (nSPS) is 14.4. The summed E-state index contributed by atoms with van der Waals surface area (Å²) < 4.78 is 10.9. The van der Waals surface area contributed by atoms with Gasteiger partial charge in [0.05, 0.1) is 20.8 Å². The zero-order valence-electron chi connectivity index (χ0n) is 18.4. The van der Waals surface area contributed by atoms with Crippen LogP contribution in [0.1, 0.15) is 12.1 Å². The second-order valence-corrected chi connectivity index (χ2v) is 7.87. The van der Waals surface area contributed by atoms with Gasteiger partial charge in [0.2, 0.25) is 5.91 Å². The van der Waals surface area contributed by atoms with Gasteiger partial charge < -0.3 is 19.4 Å². The zero-order chi connectivity index (χ0) is 22.0. The predicted molar refractivity (Wildman–Crippen MR) is 122 cm³/mol. The third-order valence-corrected chi connectivity index (χ3v) is 5.73. The fraction of sp³-hybridized carbons (Fsp3) is 0.333. The summed E-state index contributed by atoms with van der Waals surface area (Å²) in [5, 5.41) is 1.05.